The number of rotatable bonds is 2. The molecule has 0 saturated heterocycles. The fourth-order valence-electron chi connectivity index (χ4n) is 1.02. The Morgan fingerprint density at radius 1 is 1.41 bits per heavy atom. The van der Waals surface area contributed by atoms with E-state index in [-0.39, 0.29) is 6.07 Å². The maximum atomic E-state index is 12.3. The maximum absolute atomic E-state index is 12.3. The van der Waals surface area contributed by atoms with Crippen molar-refractivity contribution in [1.29, 1.82) is 0 Å². The van der Waals surface area contributed by atoms with Crippen LogP contribution in [0.3, 0.4) is 0 Å². The number of aromatic nitrogens is 1. The molecule has 0 spiro atoms. The van der Waals surface area contributed by atoms with Gasteiger partial charge in [-0.2, -0.15) is 13.2 Å². The lowest BCUT2D eigenvalue weighted by atomic mass is 10.2. The molecule has 1 rings (SSSR count). The van der Waals surface area contributed by atoms with E-state index >= 15 is 0 Å². The molecule has 0 saturated carbocycles. The molecule has 0 aliphatic heterocycles. The monoisotopic (exact) mass is 258 g/mol. The molecule has 17 heavy (non-hydrogen) atoms. The van der Waals surface area contributed by atoms with E-state index in [1.54, 1.807) is 0 Å². The van der Waals surface area contributed by atoms with E-state index in [2.05, 4.69) is 4.98 Å². The molecule has 1 aromatic heterocycles. The number of nitrogens with zero attached hydrogens (tertiary/aromatic N) is 2. The van der Waals surface area contributed by atoms with Crippen LogP contribution in [0.15, 0.2) is 6.07 Å². The van der Waals surface area contributed by atoms with Gasteiger partial charge in [0.05, 0.1) is 0 Å². The number of nitro groups is 1. The highest BCUT2D eigenvalue weighted by molar-refractivity contribution is 5.43. The summed E-state index contributed by atoms with van der Waals surface area (Å²) in [6, 6.07) is -0.0153. The molecular weight excluding hydrogens is 255 g/mol. The zero-order valence-corrected chi connectivity index (χ0v) is 7.70. The Morgan fingerprint density at radius 3 is 2.29 bits per heavy atom. The lowest BCUT2D eigenvalue weighted by molar-refractivity contribution is -0.391. The summed E-state index contributed by atoms with van der Waals surface area (Å²) < 4.78 is 61.1. The van der Waals surface area contributed by atoms with Crippen LogP contribution < -0.4 is 0 Å². The van der Waals surface area contributed by atoms with E-state index in [0.717, 1.165) is 0 Å². The standard InChI is InChI=1S/C7H3F5N2O3/c8-5(9)2-1-3(15)4(7(10,11)12)13-6(2)14(16)17/h1,5,15H. The van der Waals surface area contributed by atoms with Crippen LogP contribution in [0.1, 0.15) is 17.7 Å². The highest BCUT2D eigenvalue weighted by atomic mass is 19.4. The van der Waals surface area contributed by atoms with Crippen LogP contribution in [-0.2, 0) is 6.18 Å². The third kappa shape index (κ3) is 2.57. The Morgan fingerprint density at radius 2 is 1.94 bits per heavy atom. The number of hydrogen-bond acceptors (Lipinski definition) is 4. The van der Waals surface area contributed by atoms with Crippen molar-refractivity contribution in [3.05, 3.63) is 27.4 Å². The van der Waals surface area contributed by atoms with Crippen molar-refractivity contribution < 1.29 is 32.0 Å². The van der Waals surface area contributed by atoms with Gasteiger partial charge in [0, 0.05) is 6.07 Å². The molecule has 1 heterocycles. The largest absolute Gasteiger partial charge is 0.504 e. The van der Waals surface area contributed by atoms with Gasteiger partial charge in [0.25, 0.3) is 12.1 Å². The molecule has 94 valence electrons. The molecule has 0 aromatic carbocycles. The number of hydrogen-bond donors (Lipinski definition) is 1. The molecule has 0 atom stereocenters. The Labute approximate surface area is 89.7 Å². The lowest BCUT2D eigenvalue weighted by Gasteiger charge is -2.07. The average Bonchev–Trinajstić information content (AvgIpc) is 2.14. The van der Waals surface area contributed by atoms with E-state index < -0.39 is 40.3 Å². The SMILES string of the molecule is O=[N+]([O-])c1nc(C(F)(F)F)c(O)cc1C(F)F. The molecule has 0 aliphatic rings. The fraction of sp³-hybridized carbons (Fsp3) is 0.286. The van der Waals surface area contributed by atoms with Crippen molar-refractivity contribution in [2.45, 2.75) is 12.6 Å². The topological polar surface area (TPSA) is 76.3 Å². The Hall–Kier alpha value is -2.00. The predicted octanol–water partition coefficient (Wildman–Crippen LogP) is 2.65. The summed E-state index contributed by atoms with van der Waals surface area (Å²) in [5, 5.41) is 19.1. The first-order valence-corrected chi connectivity index (χ1v) is 3.88. The molecule has 0 fully saturated rings. The summed E-state index contributed by atoms with van der Waals surface area (Å²) in [5.74, 6) is -3.22. The first kappa shape index (κ1) is 13.1. The fourth-order valence-corrected chi connectivity index (χ4v) is 1.02. The predicted molar refractivity (Wildman–Crippen MR) is 42.5 cm³/mol. The van der Waals surface area contributed by atoms with Gasteiger partial charge >= 0.3 is 12.0 Å². The second kappa shape index (κ2) is 4.11. The van der Waals surface area contributed by atoms with E-state index in [1.165, 1.54) is 0 Å². The third-order valence-corrected chi connectivity index (χ3v) is 1.69. The molecule has 5 nitrogen and oxygen atoms in total. The molecule has 0 radical (unpaired) electrons. The third-order valence-electron chi connectivity index (χ3n) is 1.69. The number of pyridine rings is 1. The van der Waals surface area contributed by atoms with E-state index in [4.69, 9.17) is 5.11 Å². The van der Waals surface area contributed by atoms with Gasteiger partial charge in [-0.15, -0.1) is 0 Å². The molecule has 0 unspecified atom stereocenters. The van der Waals surface area contributed by atoms with Crippen LogP contribution in [0.5, 0.6) is 5.75 Å². The molecule has 0 amide bonds. The van der Waals surface area contributed by atoms with E-state index in [1.807, 2.05) is 0 Å². The summed E-state index contributed by atoms with van der Waals surface area (Å²) in [6.45, 7) is 0. The van der Waals surface area contributed by atoms with Gasteiger partial charge in [0.15, 0.2) is 5.75 Å². The van der Waals surface area contributed by atoms with Crippen molar-refractivity contribution in [2.75, 3.05) is 0 Å². The van der Waals surface area contributed by atoms with E-state index in [0.29, 0.717) is 0 Å². The number of alkyl halides is 5. The maximum Gasteiger partial charge on any atom is 0.461 e. The zero-order chi connectivity index (χ0) is 13.4. The Bertz CT molecular complexity index is 460. The molecule has 1 N–H and O–H groups in total. The van der Waals surface area contributed by atoms with Gasteiger partial charge < -0.3 is 15.2 Å². The molecule has 1 aromatic rings. The van der Waals surface area contributed by atoms with E-state index in [9.17, 15) is 32.1 Å². The van der Waals surface area contributed by atoms with Gasteiger partial charge in [-0.25, -0.2) is 8.78 Å². The summed E-state index contributed by atoms with van der Waals surface area (Å²) in [4.78, 5) is 11.2. The van der Waals surface area contributed by atoms with Crippen molar-refractivity contribution in [1.82, 2.24) is 4.98 Å². The Kier molecular flexibility index (Phi) is 3.16. The zero-order valence-electron chi connectivity index (χ0n) is 7.70. The quantitative estimate of drug-likeness (QED) is 0.502. The van der Waals surface area contributed by atoms with Crippen LogP contribution in [0.2, 0.25) is 0 Å². The second-order valence-electron chi connectivity index (χ2n) is 2.82. The minimum Gasteiger partial charge on any atom is -0.504 e. The average molecular weight is 258 g/mol. The summed E-state index contributed by atoms with van der Waals surface area (Å²) in [6.07, 6.45) is -8.59. The first-order chi connectivity index (χ1) is 7.64. The molecule has 0 bridgehead atoms. The van der Waals surface area contributed by atoms with Crippen molar-refractivity contribution >= 4 is 5.82 Å². The normalized spacial score (nSPS) is 11.9. The first-order valence-electron chi connectivity index (χ1n) is 3.88. The van der Waals surface area contributed by atoms with Gasteiger partial charge in [-0.1, -0.05) is 0 Å². The summed E-state index contributed by atoms with van der Waals surface area (Å²) in [7, 11) is 0. The second-order valence-corrected chi connectivity index (χ2v) is 2.82. The van der Waals surface area contributed by atoms with Gasteiger partial charge in [0.2, 0.25) is 0 Å². The van der Waals surface area contributed by atoms with Crippen LogP contribution in [0.25, 0.3) is 0 Å². The van der Waals surface area contributed by atoms with Crippen molar-refractivity contribution in [2.24, 2.45) is 0 Å². The van der Waals surface area contributed by atoms with Gasteiger partial charge in [-0.05, 0) is 9.91 Å². The lowest BCUT2D eigenvalue weighted by Crippen LogP contribution is -2.11. The van der Waals surface area contributed by atoms with Gasteiger partial charge in [-0.3, -0.25) is 0 Å². The van der Waals surface area contributed by atoms with Crippen molar-refractivity contribution in [3.63, 3.8) is 0 Å². The molecular formula is C7H3F5N2O3. The van der Waals surface area contributed by atoms with Crippen LogP contribution in [0, 0.1) is 10.1 Å². The highest BCUT2D eigenvalue weighted by Crippen LogP contribution is 2.39. The minimum absolute atomic E-state index is 0.0153. The summed E-state index contributed by atoms with van der Waals surface area (Å²) in [5.41, 5.74) is -3.35. The van der Waals surface area contributed by atoms with Crippen LogP contribution >= 0.6 is 0 Å². The van der Waals surface area contributed by atoms with Crippen molar-refractivity contribution in [3.8, 4) is 5.75 Å². The van der Waals surface area contributed by atoms with Crippen LogP contribution in [-0.4, -0.2) is 15.0 Å². The smallest absolute Gasteiger partial charge is 0.461 e. The highest BCUT2D eigenvalue weighted by Gasteiger charge is 2.43. The van der Waals surface area contributed by atoms with Crippen LogP contribution in [0.4, 0.5) is 27.8 Å². The number of aromatic hydroxyl groups is 1. The van der Waals surface area contributed by atoms with Gasteiger partial charge in [0.1, 0.15) is 5.56 Å². The molecule has 10 heteroatoms. The minimum atomic E-state index is -5.17. The Balaban J connectivity index is 3.51. The summed E-state index contributed by atoms with van der Waals surface area (Å²) >= 11 is 0. The number of halogens is 5. The molecule has 0 aliphatic carbocycles.